The Morgan fingerprint density at radius 2 is 2.25 bits per heavy atom. The third kappa shape index (κ3) is 3.66. The topological polar surface area (TPSA) is 64.2 Å². The monoisotopic (exact) mass is 226 g/mol. The van der Waals surface area contributed by atoms with Crippen LogP contribution < -0.4 is 10.3 Å². The molecule has 0 amide bonds. The van der Waals surface area contributed by atoms with Gasteiger partial charge in [0.05, 0.1) is 6.20 Å². The maximum absolute atomic E-state index is 11.6. The Morgan fingerprint density at radius 1 is 1.50 bits per heavy atom. The van der Waals surface area contributed by atoms with Crippen LogP contribution in [0.2, 0.25) is 0 Å². The summed E-state index contributed by atoms with van der Waals surface area (Å²) in [4.78, 5) is 18.4. The second-order valence-electron chi connectivity index (χ2n) is 3.41. The number of nitrogens with one attached hydrogen (secondary N) is 1. The van der Waals surface area contributed by atoms with E-state index >= 15 is 0 Å². The lowest BCUT2D eigenvalue weighted by Crippen LogP contribution is -2.22. The Balaban J connectivity index is 2.71. The Morgan fingerprint density at radius 3 is 2.81 bits per heavy atom. The highest BCUT2D eigenvalue weighted by molar-refractivity contribution is 5.13. The molecule has 0 aliphatic carbocycles. The molecule has 0 spiro atoms. The van der Waals surface area contributed by atoms with E-state index in [1.54, 1.807) is 6.92 Å². The number of H-pyrrole nitrogens is 1. The number of hydrogen-bond acceptors (Lipinski definition) is 4. The van der Waals surface area contributed by atoms with Crippen molar-refractivity contribution in [3.63, 3.8) is 0 Å². The molecule has 0 saturated carbocycles. The van der Waals surface area contributed by atoms with Crippen molar-refractivity contribution in [2.45, 2.75) is 39.9 Å². The first-order chi connectivity index (χ1) is 7.67. The number of ether oxygens (including phenoxy) is 2. The summed E-state index contributed by atoms with van der Waals surface area (Å²) in [5.41, 5.74) is -0.259. The van der Waals surface area contributed by atoms with Crippen molar-refractivity contribution in [3.8, 4) is 5.75 Å². The number of aryl methyl sites for hydroxylation is 1. The van der Waals surface area contributed by atoms with E-state index in [4.69, 9.17) is 9.47 Å². The first-order valence-electron chi connectivity index (χ1n) is 5.53. The van der Waals surface area contributed by atoms with Gasteiger partial charge in [-0.05, 0) is 20.3 Å². The molecule has 0 radical (unpaired) electrons. The van der Waals surface area contributed by atoms with Crippen molar-refractivity contribution in [1.82, 2.24) is 9.97 Å². The molecule has 5 heteroatoms. The third-order valence-corrected chi connectivity index (χ3v) is 2.00. The van der Waals surface area contributed by atoms with Crippen LogP contribution in [0.5, 0.6) is 5.75 Å². The Labute approximate surface area is 94.8 Å². The average Bonchev–Trinajstić information content (AvgIpc) is 2.23. The highest BCUT2D eigenvalue weighted by atomic mass is 16.7. The number of hydrogen-bond donors (Lipinski definition) is 1. The molecule has 1 heterocycles. The largest absolute Gasteiger partial charge is 0.458 e. The van der Waals surface area contributed by atoms with E-state index in [-0.39, 0.29) is 11.3 Å². The van der Waals surface area contributed by atoms with Crippen LogP contribution in [0.1, 0.15) is 33.0 Å². The SMILES string of the molecule is CCCc1ncc(OC(C)OCC)c(=O)[nH]1. The van der Waals surface area contributed by atoms with Crippen LogP contribution in [-0.4, -0.2) is 22.9 Å². The fourth-order valence-corrected chi connectivity index (χ4v) is 1.32. The molecule has 1 rings (SSSR count). The predicted octanol–water partition coefficient (Wildman–Crippen LogP) is 1.48. The Kier molecular flexibility index (Phi) is 4.98. The van der Waals surface area contributed by atoms with E-state index in [1.807, 2.05) is 13.8 Å². The van der Waals surface area contributed by atoms with E-state index < -0.39 is 6.29 Å². The fraction of sp³-hybridized carbons (Fsp3) is 0.636. The molecule has 1 atom stereocenters. The maximum Gasteiger partial charge on any atom is 0.293 e. The molecule has 0 saturated heterocycles. The van der Waals surface area contributed by atoms with Crippen molar-refractivity contribution in [1.29, 1.82) is 0 Å². The van der Waals surface area contributed by atoms with Crippen molar-refractivity contribution >= 4 is 0 Å². The van der Waals surface area contributed by atoms with Crippen LogP contribution in [0.15, 0.2) is 11.0 Å². The van der Waals surface area contributed by atoms with Gasteiger partial charge in [0.15, 0.2) is 6.29 Å². The standard InChI is InChI=1S/C11H18N2O3/c1-4-6-10-12-7-9(11(14)13-10)16-8(3)15-5-2/h7-8H,4-6H2,1-3H3,(H,12,13,14). The zero-order chi connectivity index (χ0) is 12.0. The van der Waals surface area contributed by atoms with Gasteiger partial charge >= 0.3 is 0 Å². The van der Waals surface area contributed by atoms with Gasteiger partial charge < -0.3 is 14.5 Å². The van der Waals surface area contributed by atoms with Gasteiger partial charge in [0, 0.05) is 13.0 Å². The zero-order valence-corrected chi connectivity index (χ0v) is 9.95. The molecule has 1 aromatic heterocycles. The normalized spacial score (nSPS) is 12.4. The maximum atomic E-state index is 11.6. The van der Waals surface area contributed by atoms with Crippen molar-refractivity contribution in [3.05, 3.63) is 22.4 Å². The minimum absolute atomic E-state index is 0.195. The smallest absolute Gasteiger partial charge is 0.293 e. The van der Waals surface area contributed by atoms with E-state index in [0.717, 1.165) is 12.8 Å². The van der Waals surface area contributed by atoms with Gasteiger partial charge in [0.1, 0.15) is 5.82 Å². The van der Waals surface area contributed by atoms with Gasteiger partial charge in [-0.1, -0.05) is 6.92 Å². The highest BCUT2D eigenvalue weighted by Gasteiger charge is 2.07. The van der Waals surface area contributed by atoms with Crippen molar-refractivity contribution in [2.75, 3.05) is 6.61 Å². The van der Waals surface area contributed by atoms with Gasteiger partial charge in [-0.25, -0.2) is 4.98 Å². The van der Waals surface area contributed by atoms with Crippen LogP contribution >= 0.6 is 0 Å². The molecular formula is C11H18N2O3. The molecule has 0 aromatic carbocycles. The van der Waals surface area contributed by atoms with Crippen LogP contribution in [0.4, 0.5) is 0 Å². The molecular weight excluding hydrogens is 208 g/mol. The molecule has 16 heavy (non-hydrogen) atoms. The van der Waals surface area contributed by atoms with Gasteiger partial charge in [0.25, 0.3) is 5.56 Å². The first kappa shape index (κ1) is 12.7. The van der Waals surface area contributed by atoms with Crippen LogP contribution in [0.3, 0.4) is 0 Å². The summed E-state index contributed by atoms with van der Waals surface area (Å²) in [6.45, 7) is 6.18. The van der Waals surface area contributed by atoms with Crippen LogP contribution in [-0.2, 0) is 11.2 Å². The van der Waals surface area contributed by atoms with E-state index in [2.05, 4.69) is 9.97 Å². The second kappa shape index (κ2) is 6.27. The summed E-state index contributed by atoms with van der Waals surface area (Å²) in [6, 6.07) is 0. The summed E-state index contributed by atoms with van der Waals surface area (Å²) in [7, 11) is 0. The summed E-state index contributed by atoms with van der Waals surface area (Å²) in [5, 5.41) is 0. The quantitative estimate of drug-likeness (QED) is 0.746. The minimum atomic E-state index is -0.440. The van der Waals surface area contributed by atoms with Gasteiger partial charge in [-0.15, -0.1) is 0 Å². The van der Waals surface area contributed by atoms with E-state index in [0.29, 0.717) is 12.4 Å². The molecule has 5 nitrogen and oxygen atoms in total. The number of aromatic nitrogens is 2. The predicted molar refractivity (Wildman–Crippen MR) is 60.6 cm³/mol. The average molecular weight is 226 g/mol. The fourth-order valence-electron chi connectivity index (χ4n) is 1.32. The van der Waals surface area contributed by atoms with Crippen molar-refractivity contribution in [2.24, 2.45) is 0 Å². The van der Waals surface area contributed by atoms with Gasteiger partial charge in [0.2, 0.25) is 5.75 Å². The molecule has 1 unspecified atom stereocenters. The highest BCUT2D eigenvalue weighted by Crippen LogP contribution is 2.04. The summed E-state index contributed by atoms with van der Waals surface area (Å²) >= 11 is 0. The molecule has 90 valence electrons. The molecule has 0 aliphatic rings. The first-order valence-corrected chi connectivity index (χ1v) is 5.53. The number of rotatable bonds is 6. The van der Waals surface area contributed by atoms with Crippen LogP contribution in [0.25, 0.3) is 0 Å². The van der Waals surface area contributed by atoms with Gasteiger partial charge in [-0.2, -0.15) is 0 Å². The molecule has 1 N–H and O–H groups in total. The van der Waals surface area contributed by atoms with Crippen LogP contribution in [0, 0.1) is 0 Å². The lowest BCUT2D eigenvalue weighted by Gasteiger charge is -2.13. The van der Waals surface area contributed by atoms with Crippen molar-refractivity contribution < 1.29 is 9.47 Å². The summed E-state index contributed by atoms with van der Waals surface area (Å²) < 4.78 is 10.5. The summed E-state index contributed by atoms with van der Waals surface area (Å²) in [6.07, 6.45) is 2.71. The van der Waals surface area contributed by atoms with E-state index in [9.17, 15) is 4.79 Å². The Bertz CT molecular complexity index is 376. The molecule has 1 aromatic rings. The Hall–Kier alpha value is -1.36. The number of nitrogens with zero attached hydrogens (tertiary/aromatic N) is 1. The molecule has 0 bridgehead atoms. The number of aromatic amines is 1. The molecule has 0 fully saturated rings. The second-order valence-corrected chi connectivity index (χ2v) is 3.41. The van der Waals surface area contributed by atoms with Gasteiger partial charge in [-0.3, -0.25) is 4.79 Å². The summed E-state index contributed by atoms with van der Waals surface area (Å²) in [5.74, 6) is 0.879. The zero-order valence-electron chi connectivity index (χ0n) is 9.95. The lowest BCUT2D eigenvalue weighted by atomic mass is 10.3. The third-order valence-electron chi connectivity index (χ3n) is 2.00. The molecule has 0 aliphatic heterocycles. The van der Waals surface area contributed by atoms with E-state index in [1.165, 1.54) is 6.20 Å². The minimum Gasteiger partial charge on any atom is -0.458 e. The lowest BCUT2D eigenvalue weighted by molar-refractivity contribution is -0.0623.